The molecule has 0 unspecified atom stereocenters. The van der Waals surface area contributed by atoms with Gasteiger partial charge in [-0.25, -0.2) is 4.79 Å². The predicted molar refractivity (Wildman–Crippen MR) is 114 cm³/mol. The summed E-state index contributed by atoms with van der Waals surface area (Å²) in [6, 6.07) is 5.21. The third-order valence-corrected chi connectivity index (χ3v) is 5.11. The first-order valence-electron chi connectivity index (χ1n) is 10.1. The number of ether oxygens (including phenoxy) is 3. The molecule has 1 aromatic carbocycles. The molecule has 1 aliphatic rings. The number of H-pyrrole nitrogens is 1. The van der Waals surface area contributed by atoms with E-state index in [9.17, 15) is 14.4 Å². The van der Waals surface area contributed by atoms with Crippen molar-refractivity contribution in [2.45, 2.75) is 20.8 Å². The molecule has 9 nitrogen and oxygen atoms in total. The number of anilines is 1. The van der Waals surface area contributed by atoms with Crippen molar-refractivity contribution in [1.29, 1.82) is 0 Å². The van der Waals surface area contributed by atoms with Crippen LogP contribution in [0.15, 0.2) is 18.2 Å². The maximum Gasteiger partial charge on any atom is 0.339 e. The summed E-state index contributed by atoms with van der Waals surface area (Å²) in [4.78, 5) is 42.0. The standard InChI is InChI=1S/C22H27N3O6/c1-5-25(11-16(26)21-13(2)20(14(3)23-21)22(28)29-4)12-19(27)24-15-6-7-17-18(10-15)31-9-8-30-17/h6-7,10,23H,5,8-9,11-12H2,1-4H3,(H,24,27). The third kappa shape index (κ3) is 5.05. The van der Waals surface area contributed by atoms with Gasteiger partial charge in [-0.15, -0.1) is 0 Å². The second kappa shape index (κ2) is 9.65. The number of ketones is 1. The van der Waals surface area contributed by atoms with Gasteiger partial charge in [0, 0.05) is 17.4 Å². The third-order valence-electron chi connectivity index (χ3n) is 5.11. The van der Waals surface area contributed by atoms with Crippen molar-refractivity contribution in [1.82, 2.24) is 9.88 Å². The van der Waals surface area contributed by atoms with E-state index >= 15 is 0 Å². The molecule has 3 rings (SSSR count). The molecule has 0 fully saturated rings. The molecule has 0 aliphatic carbocycles. The average Bonchev–Trinajstić information content (AvgIpc) is 3.06. The van der Waals surface area contributed by atoms with Crippen molar-refractivity contribution in [3.8, 4) is 11.5 Å². The number of aromatic amines is 1. The van der Waals surface area contributed by atoms with Crippen molar-refractivity contribution < 1.29 is 28.6 Å². The summed E-state index contributed by atoms with van der Waals surface area (Å²) in [6.07, 6.45) is 0. The molecular weight excluding hydrogens is 402 g/mol. The van der Waals surface area contributed by atoms with E-state index in [0.717, 1.165) is 0 Å². The number of esters is 1. The van der Waals surface area contributed by atoms with Crippen LogP contribution in [0.25, 0.3) is 0 Å². The Morgan fingerprint density at radius 3 is 2.52 bits per heavy atom. The lowest BCUT2D eigenvalue weighted by atomic mass is 10.1. The zero-order chi connectivity index (χ0) is 22.5. The topological polar surface area (TPSA) is 110 Å². The van der Waals surface area contributed by atoms with Crippen LogP contribution in [0.3, 0.4) is 0 Å². The van der Waals surface area contributed by atoms with Crippen molar-refractivity contribution in [2.75, 3.05) is 45.3 Å². The molecule has 0 saturated carbocycles. The fraction of sp³-hybridized carbons (Fsp3) is 0.409. The van der Waals surface area contributed by atoms with Gasteiger partial charge in [-0.05, 0) is 38.1 Å². The number of hydrogen-bond acceptors (Lipinski definition) is 7. The van der Waals surface area contributed by atoms with Gasteiger partial charge in [0.15, 0.2) is 17.3 Å². The van der Waals surface area contributed by atoms with Crippen LogP contribution in [-0.2, 0) is 9.53 Å². The molecule has 31 heavy (non-hydrogen) atoms. The number of fused-ring (bicyclic) bond motifs is 1. The van der Waals surface area contributed by atoms with Crippen LogP contribution in [0.1, 0.15) is 39.0 Å². The van der Waals surface area contributed by atoms with E-state index in [1.807, 2.05) is 6.92 Å². The lowest BCUT2D eigenvalue weighted by Crippen LogP contribution is -2.37. The Kier molecular flexibility index (Phi) is 6.96. The summed E-state index contributed by atoms with van der Waals surface area (Å²) in [6.45, 7) is 6.83. The van der Waals surface area contributed by atoms with E-state index in [1.165, 1.54) is 7.11 Å². The number of rotatable bonds is 8. The Morgan fingerprint density at radius 2 is 1.84 bits per heavy atom. The van der Waals surface area contributed by atoms with Gasteiger partial charge < -0.3 is 24.5 Å². The molecule has 0 atom stereocenters. The number of nitrogens with one attached hydrogen (secondary N) is 2. The number of benzene rings is 1. The molecule has 2 heterocycles. The molecule has 0 bridgehead atoms. The molecule has 1 amide bonds. The highest BCUT2D eigenvalue weighted by molar-refractivity contribution is 6.02. The predicted octanol–water partition coefficient (Wildman–Crippen LogP) is 2.33. The molecule has 1 aromatic heterocycles. The monoisotopic (exact) mass is 429 g/mol. The molecule has 0 spiro atoms. The van der Waals surface area contributed by atoms with Crippen LogP contribution in [0, 0.1) is 13.8 Å². The summed E-state index contributed by atoms with van der Waals surface area (Å²) in [5.74, 6) is 0.292. The van der Waals surface area contributed by atoms with Crippen molar-refractivity contribution in [3.63, 3.8) is 0 Å². The van der Waals surface area contributed by atoms with Crippen molar-refractivity contribution in [2.24, 2.45) is 0 Å². The first-order chi connectivity index (χ1) is 14.8. The second-order valence-electron chi connectivity index (χ2n) is 7.25. The van der Waals surface area contributed by atoms with E-state index in [4.69, 9.17) is 14.2 Å². The number of likely N-dealkylation sites (N-methyl/N-ethyl adjacent to an activating group) is 1. The largest absolute Gasteiger partial charge is 0.486 e. The Morgan fingerprint density at radius 1 is 1.13 bits per heavy atom. The summed E-state index contributed by atoms with van der Waals surface area (Å²) in [7, 11) is 1.30. The van der Waals surface area contributed by atoms with Crippen LogP contribution in [0.2, 0.25) is 0 Å². The number of aromatic nitrogens is 1. The van der Waals surface area contributed by atoms with Gasteiger partial charge >= 0.3 is 5.97 Å². The van der Waals surface area contributed by atoms with Gasteiger partial charge in [-0.3, -0.25) is 14.5 Å². The number of carbonyl (C=O) groups is 3. The van der Waals surface area contributed by atoms with E-state index in [0.29, 0.717) is 59.5 Å². The molecule has 0 radical (unpaired) electrons. The minimum absolute atomic E-state index is 0.0342. The molecular formula is C22H27N3O6. The van der Waals surface area contributed by atoms with Crippen molar-refractivity contribution >= 4 is 23.3 Å². The molecule has 0 saturated heterocycles. The molecule has 1 aliphatic heterocycles. The number of aryl methyl sites for hydroxylation is 1. The smallest absolute Gasteiger partial charge is 0.339 e. The van der Waals surface area contributed by atoms with Crippen LogP contribution in [0.4, 0.5) is 5.69 Å². The van der Waals surface area contributed by atoms with Crippen LogP contribution in [0.5, 0.6) is 11.5 Å². The number of Topliss-reactive ketones (excluding diaryl/α,β-unsaturated/α-hetero) is 1. The second-order valence-corrected chi connectivity index (χ2v) is 7.25. The number of hydrogen-bond donors (Lipinski definition) is 2. The Balaban J connectivity index is 1.63. The highest BCUT2D eigenvalue weighted by atomic mass is 16.6. The first kappa shape index (κ1) is 22.4. The van der Waals surface area contributed by atoms with Gasteiger partial charge in [0.05, 0.1) is 31.5 Å². The highest BCUT2D eigenvalue weighted by Gasteiger charge is 2.24. The molecule has 2 aromatic rings. The molecule has 166 valence electrons. The van der Waals surface area contributed by atoms with Crippen LogP contribution >= 0.6 is 0 Å². The number of methoxy groups -OCH3 is 1. The molecule has 2 N–H and O–H groups in total. The number of amides is 1. The van der Waals surface area contributed by atoms with Crippen LogP contribution < -0.4 is 14.8 Å². The SMILES string of the molecule is CCN(CC(=O)Nc1ccc2c(c1)OCCO2)CC(=O)c1[nH]c(C)c(C(=O)OC)c1C. The lowest BCUT2D eigenvalue weighted by Gasteiger charge is -2.20. The van der Waals surface area contributed by atoms with Gasteiger partial charge in [-0.2, -0.15) is 0 Å². The van der Waals surface area contributed by atoms with Crippen molar-refractivity contribution in [3.05, 3.63) is 40.7 Å². The van der Waals surface area contributed by atoms with Gasteiger partial charge in [0.25, 0.3) is 0 Å². The van der Waals surface area contributed by atoms with E-state index in [2.05, 4.69) is 10.3 Å². The maximum absolute atomic E-state index is 12.8. The Bertz CT molecular complexity index is 997. The summed E-state index contributed by atoms with van der Waals surface area (Å²) >= 11 is 0. The van der Waals surface area contributed by atoms with E-state index in [1.54, 1.807) is 36.9 Å². The first-order valence-corrected chi connectivity index (χ1v) is 10.1. The summed E-state index contributed by atoms with van der Waals surface area (Å²) < 4.78 is 15.8. The average molecular weight is 429 g/mol. The maximum atomic E-state index is 12.8. The number of carbonyl (C=O) groups excluding carboxylic acids is 3. The molecule has 9 heteroatoms. The normalized spacial score (nSPS) is 12.5. The lowest BCUT2D eigenvalue weighted by molar-refractivity contribution is -0.117. The van der Waals surface area contributed by atoms with Gasteiger partial charge in [0.2, 0.25) is 5.91 Å². The minimum atomic E-state index is -0.489. The fourth-order valence-corrected chi connectivity index (χ4v) is 3.52. The van der Waals surface area contributed by atoms with Gasteiger partial charge in [-0.1, -0.05) is 6.92 Å². The zero-order valence-electron chi connectivity index (χ0n) is 18.2. The van der Waals surface area contributed by atoms with Crippen LogP contribution in [-0.4, -0.2) is 67.5 Å². The van der Waals surface area contributed by atoms with E-state index < -0.39 is 5.97 Å². The summed E-state index contributed by atoms with van der Waals surface area (Å²) in [5, 5.41) is 2.82. The quantitative estimate of drug-likeness (QED) is 0.489. The van der Waals surface area contributed by atoms with Gasteiger partial charge in [0.1, 0.15) is 13.2 Å². The summed E-state index contributed by atoms with van der Waals surface area (Å²) in [5.41, 5.74) is 2.43. The Hall–Kier alpha value is -3.33. The van der Waals surface area contributed by atoms with E-state index in [-0.39, 0.29) is 24.8 Å². The Labute approximate surface area is 180 Å². The highest BCUT2D eigenvalue weighted by Crippen LogP contribution is 2.32. The zero-order valence-corrected chi connectivity index (χ0v) is 18.2. The number of nitrogens with zero attached hydrogens (tertiary/aromatic N) is 1. The fourth-order valence-electron chi connectivity index (χ4n) is 3.52. The minimum Gasteiger partial charge on any atom is -0.486 e.